The zero-order valence-electron chi connectivity index (χ0n) is 17.3. The Labute approximate surface area is 175 Å². The SMILES string of the molecule is CCOC(=O)N1CCN(C(=O)c2nc(-c3cccc(F)c3)n3c2CCCCC3)CC1. The number of ether oxygens (including phenoxy) is 1. The van der Waals surface area contributed by atoms with Crippen molar-refractivity contribution in [3.63, 3.8) is 0 Å². The number of benzene rings is 1. The van der Waals surface area contributed by atoms with Crippen molar-refractivity contribution < 1.29 is 18.7 Å². The molecule has 2 amide bonds. The highest BCUT2D eigenvalue weighted by atomic mass is 19.1. The predicted molar refractivity (Wildman–Crippen MR) is 110 cm³/mol. The molecule has 1 aromatic carbocycles. The summed E-state index contributed by atoms with van der Waals surface area (Å²) in [5.74, 6) is 0.216. The van der Waals surface area contributed by atoms with Crippen molar-refractivity contribution in [2.75, 3.05) is 32.8 Å². The number of carbonyl (C=O) groups excluding carboxylic acids is 2. The predicted octanol–water partition coefficient (Wildman–Crippen LogP) is 3.33. The smallest absolute Gasteiger partial charge is 0.409 e. The minimum absolute atomic E-state index is 0.119. The van der Waals surface area contributed by atoms with Crippen LogP contribution in [0.3, 0.4) is 0 Å². The van der Waals surface area contributed by atoms with Crippen LogP contribution >= 0.6 is 0 Å². The molecule has 8 heteroatoms. The third-order valence-corrected chi connectivity index (χ3v) is 5.75. The van der Waals surface area contributed by atoms with E-state index in [0.29, 0.717) is 49.9 Å². The number of aromatic nitrogens is 2. The molecule has 0 aliphatic carbocycles. The van der Waals surface area contributed by atoms with Crippen molar-refractivity contribution in [2.24, 2.45) is 0 Å². The van der Waals surface area contributed by atoms with Crippen LogP contribution in [0.15, 0.2) is 24.3 Å². The first-order chi connectivity index (χ1) is 14.6. The van der Waals surface area contributed by atoms with Gasteiger partial charge in [0.2, 0.25) is 0 Å². The van der Waals surface area contributed by atoms with Crippen LogP contribution in [0, 0.1) is 5.82 Å². The van der Waals surface area contributed by atoms with Crippen LogP contribution in [-0.2, 0) is 17.7 Å². The molecule has 4 rings (SSSR count). The van der Waals surface area contributed by atoms with Crippen LogP contribution in [-0.4, -0.2) is 64.1 Å². The molecular weight excluding hydrogens is 387 g/mol. The topological polar surface area (TPSA) is 67.7 Å². The summed E-state index contributed by atoms with van der Waals surface area (Å²) in [6, 6.07) is 6.37. The van der Waals surface area contributed by atoms with Crippen LogP contribution in [0.25, 0.3) is 11.4 Å². The van der Waals surface area contributed by atoms with E-state index in [9.17, 15) is 14.0 Å². The summed E-state index contributed by atoms with van der Waals surface area (Å²) in [6.45, 7) is 4.66. The van der Waals surface area contributed by atoms with Gasteiger partial charge in [0.1, 0.15) is 17.3 Å². The van der Waals surface area contributed by atoms with Crippen LogP contribution in [0.5, 0.6) is 0 Å². The van der Waals surface area contributed by atoms with Gasteiger partial charge in [0.05, 0.1) is 12.3 Å². The molecular formula is C22H27FN4O3. The summed E-state index contributed by atoms with van der Waals surface area (Å²) >= 11 is 0. The van der Waals surface area contributed by atoms with E-state index in [1.165, 1.54) is 12.1 Å². The average Bonchev–Trinajstić information content (AvgIpc) is 2.94. The second kappa shape index (κ2) is 8.85. The Kier molecular flexibility index (Phi) is 6.01. The van der Waals surface area contributed by atoms with Gasteiger partial charge in [-0.25, -0.2) is 14.2 Å². The molecule has 0 radical (unpaired) electrons. The van der Waals surface area contributed by atoms with Crippen molar-refractivity contribution in [1.29, 1.82) is 0 Å². The Morgan fingerprint density at radius 2 is 1.83 bits per heavy atom. The maximum atomic E-state index is 13.8. The molecule has 1 fully saturated rings. The second-order valence-electron chi connectivity index (χ2n) is 7.68. The number of carbonyl (C=O) groups is 2. The molecule has 0 N–H and O–H groups in total. The Morgan fingerprint density at radius 3 is 2.57 bits per heavy atom. The van der Waals surface area contributed by atoms with Gasteiger partial charge in [-0.05, 0) is 38.3 Å². The fraction of sp³-hybridized carbons (Fsp3) is 0.500. The van der Waals surface area contributed by atoms with Gasteiger partial charge < -0.3 is 19.1 Å². The Hall–Kier alpha value is -2.90. The van der Waals surface area contributed by atoms with Crippen molar-refractivity contribution in [3.8, 4) is 11.4 Å². The highest BCUT2D eigenvalue weighted by molar-refractivity contribution is 5.94. The van der Waals surface area contributed by atoms with Gasteiger partial charge in [-0.2, -0.15) is 0 Å². The first-order valence-corrected chi connectivity index (χ1v) is 10.6. The van der Waals surface area contributed by atoms with Crippen molar-refractivity contribution in [2.45, 2.75) is 39.2 Å². The lowest BCUT2D eigenvalue weighted by atomic mass is 10.1. The third-order valence-electron chi connectivity index (χ3n) is 5.75. The maximum Gasteiger partial charge on any atom is 0.409 e. The number of piperazine rings is 1. The number of rotatable bonds is 3. The van der Waals surface area contributed by atoms with E-state index < -0.39 is 0 Å². The normalized spacial score (nSPS) is 16.7. The molecule has 0 atom stereocenters. The van der Waals surface area contributed by atoms with E-state index in [0.717, 1.165) is 37.9 Å². The van der Waals surface area contributed by atoms with Crippen LogP contribution in [0.1, 0.15) is 42.4 Å². The van der Waals surface area contributed by atoms with Crippen molar-refractivity contribution in [3.05, 3.63) is 41.5 Å². The molecule has 7 nitrogen and oxygen atoms in total. The first kappa shape index (κ1) is 20.4. The van der Waals surface area contributed by atoms with E-state index in [1.54, 1.807) is 22.8 Å². The highest BCUT2D eigenvalue weighted by Crippen LogP contribution is 2.28. The monoisotopic (exact) mass is 414 g/mol. The fourth-order valence-corrected chi connectivity index (χ4v) is 4.20. The summed E-state index contributed by atoms with van der Waals surface area (Å²) in [7, 11) is 0. The summed E-state index contributed by atoms with van der Waals surface area (Å²) < 4.78 is 21.0. The quantitative estimate of drug-likeness (QED) is 0.773. The van der Waals surface area contributed by atoms with E-state index in [4.69, 9.17) is 9.72 Å². The number of amides is 2. The number of hydrogen-bond donors (Lipinski definition) is 0. The second-order valence-corrected chi connectivity index (χ2v) is 7.68. The lowest BCUT2D eigenvalue weighted by Crippen LogP contribution is -2.51. The summed E-state index contributed by atoms with van der Waals surface area (Å²) in [6.07, 6.45) is 3.55. The van der Waals surface area contributed by atoms with Gasteiger partial charge in [0.15, 0.2) is 0 Å². The summed E-state index contributed by atoms with van der Waals surface area (Å²) in [4.78, 5) is 33.3. The lowest BCUT2D eigenvalue weighted by molar-refractivity contribution is 0.0565. The Bertz CT molecular complexity index is 934. The number of nitrogens with zero attached hydrogens (tertiary/aromatic N) is 4. The van der Waals surface area contributed by atoms with Gasteiger partial charge in [0.25, 0.3) is 5.91 Å². The van der Waals surface area contributed by atoms with E-state index in [1.807, 2.05) is 6.07 Å². The molecule has 0 spiro atoms. The highest BCUT2D eigenvalue weighted by Gasteiger charge is 2.30. The first-order valence-electron chi connectivity index (χ1n) is 10.6. The number of hydrogen-bond acceptors (Lipinski definition) is 4. The molecule has 2 aromatic rings. The molecule has 0 unspecified atom stereocenters. The van der Waals surface area contributed by atoms with E-state index in [-0.39, 0.29) is 17.8 Å². The zero-order valence-corrected chi connectivity index (χ0v) is 17.3. The number of fused-ring (bicyclic) bond motifs is 1. The largest absolute Gasteiger partial charge is 0.450 e. The van der Waals surface area contributed by atoms with Gasteiger partial charge in [0, 0.05) is 38.3 Å². The van der Waals surface area contributed by atoms with Crippen LogP contribution in [0.4, 0.5) is 9.18 Å². The van der Waals surface area contributed by atoms with E-state index >= 15 is 0 Å². The average molecular weight is 414 g/mol. The number of imidazole rings is 1. The Morgan fingerprint density at radius 1 is 1.07 bits per heavy atom. The van der Waals surface area contributed by atoms with Gasteiger partial charge in [-0.15, -0.1) is 0 Å². The minimum Gasteiger partial charge on any atom is -0.450 e. The lowest BCUT2D eigenvalue weighted by Gasteiger charge is -2.33. The minimum atomic E-state index is -0.339. The molecule has 2 aliphatic rings. The molecule has 0 saturated carbocycles. The van der Waals surface area contributed by atoms with Gasteiger partial charge in [-0.1, -0.05) is 18.6 Å². The molecule has 1 aromatic heterocycles. The Balaban J connectivity index is 1.60. The standard InChI is InChI=1S/C22H27FN4O3/c1-2-30-22(29)26-13-11-25(12-14-26)21(28)19-18-9-4-3-5-10-27(18)20(24-19)16-7-6-8-17(23)15-16/h6-8,15H,2-5,9-14H2,1H3. The fourth-order valence-electron chi connectivity index (χ4n) is 4.20. The molecule has 30 heavy (non-hydrogen) atoms. The van der Waals surface area contributed by atoms with Crippen molar-refractivity contribution >= 4 is 12.0 Å². The maximum absolute atomic E-state index is 13.8. The summed E-state index contributed by atoms with van der Waals surface area (Å²) in [5, 5.41) is 0. The van der Waals surface area contributed by atoms with Crippen LogP contribution in [0.2, 0.25) is 0 Å². The van der Waals surface area contributed by atoms with Gasteiger partial charge in [-0.3, -0.25) is 4.79 Å². The molecule has 3 heterocycles. The summed E-state index contributed by atoms with van der Waals surface area (Å²) in [5.41, 5.74) is 2.08. The molecule has 2 aliphatic heterocycles. The van der Waals surface area contributed by atoms with Gasteiger partial charge >= 0.3 is 6.09 Å². The number of halogens is 1. The van der Waals surface area contributed by atoms with Crippen molar-refractivity contribution in [1.82, 2.24) is 19.4 Å². The molecule has 1 saturated heterocycles. The molecule has 0 bridgehead atoms. The molecule has 160 valence electrons. The third kappa shape index (κ3) is 4.04. The van der Waals surface area contributed by atoms with E-state index in [2.05, 4.69) is 4.57 Å². The van der Waals surface area contributed by atoms with Crippen LogP contribution < -0.4 is 0 Å². The zero-order chi connectivity index (χ0) is 21.1.